The minimum atomic E-state index is 0.298. The molecule has 96 valence electrons. The Labute approximate surface area is 110 Å². The highest BCUT2D eigenvalue weighted by Crippen LogP contribution is 2.32. The van der Waals surface area contributed by atoms with Crippen LogP contribution in [0, 0.1) is 0 Å². The first kappa shape index (κ1) is 11.7. The van der Waals surface area contributed by atoms with Crippen molar-refractivity contribution in [3.8, 4) is 0 Å². The molecule has 1 fully saturated rings. The molecule has 2 aromatic rings. The van der Waals surface area contributed by atoms with Gasteiger partial charge in [0.2, 0.25) is 0 Å². The Morgan fingerprint density at radius 3 is 2.94 bits per heavy atom. The Bertz CT molecular complexity index is 560. The molecule has 1 aliphatic rings. The van der Waals surface area contributed by atoms with Gasteiger partial charge in [-0.3, -0.25) is 0 Å². The standard InChI is InChI=1S/C13H17N3OS/c1-8(2)17-10-6-16(7-10)13-15-11-4-3-9(14)5-12(11)18-13/h3-5,8,10H,6-7,14H2,1-2H3. The van der Waals surface area contributed by atoms with Gasteiger partial charge in [-0.1, -0.05) is 11.3 Å². The van der Waals surface area contributed by atoms with E-state index >= 15 is 0 Å². The molecule has 0 radical (unpaired) electrons. The summed E-state index contributed by atoms with van der Waals surface area (Å²) in [6.45, 7) is 6.02. The van der Waals surface area contributed by atoms with Crippen LogP contribution in [0.15, 0.2) is 18.2 Å². The van der Waals surface area contributed by atoms with Crippen molar-refractivity contribution in [2.45, 2.75) is 26.1 Å². The Balaban J connectivity index is 1.73. The number of nitrogens with zero attached hydrogens (tertiary/aromatic N) is 2. The molecule has 2 heterocycles. The van der Waals surface area contributed by atoms with E-state index in [0.717, 1.165) is 34.1 Å². The van der Waals surface area contributed by atoms with Crippen molar-refractivity contribution in [2.75, 3.05) is 23.7 Å². The Hall–Kier alpha value is -1.33. The van der Waals surface area contributed by atoms with Gasteiger partial charge in [0.25, 0.3) is 0 Å². The van der Waals surface area contributed by atoms with Crippen LogP contribution >= 0.6 is 11.3 Å². The lowest BCUT2D eigenvalue weighted by atomic mass is 10.2. The molecular weight excluding hydrogens is 246 g/mol. The minimum absolute atomic E-state index is 0.298. The second-order valence-electron chi connectivity index (χ2n) is 4.94. The maximum atomic E-state index is 5.78. The van der Waals surface area contributed by atoms with Crippen LogP contribution in [0.4, 0.5) is 10.8 Å². The molecular formula is C13H17N3OS. The monoisotopic (exact) mass is 263 g/mol. The van der Waals surface area contributed by atoms with E-state index in [2.05, 4.69) is 23.7 Å². The van der Waals surface area contributed by atoms with Crippen molar-refractivity contribution in [3.05, 3.63) is 18.2 Å². The normalized spacial score (nSPS) is 16.5. The van der Waals surface area contributed by atoms with E-state index in [9.17, 15) is 0 Å². The average molecular weight is 263 g/mol. The number of hydrogen-bond donors (Lipinski definition) is 1. The third-order valence-electron chi connectivity index (χ3n) is 2.98. The zero-order valence-corrected chi connectivity index (χ0v) is 11.4. The van der Waals surface area contributed by atoms with Crippen LogP contribution in [-0.2, 0) is 4.74 Å². The predicted octanol–water partition coefficient (Wildman–Crippen LogP) is 2.49. The quantitative estimate of drug-likeness (QED) is 0.864. The SMILES string of the molecule is CC(C)OC1CN(c2nc3ccc(N)cc3s2)C1. The first-order valence-electron chi connectivity index (χ1n) is 6.18. The van der Waals surface area contributed by atoms with Gasteiger partial charge in [-0.25, -0.2) is 4.98 Å². The van der Waals surface area contributed by atoms with E-state index < -0.39 is 0 Å². The molecule has 4 nitrogen and oxygen atoms in total. The first-order valence-corrected chi connectivity index (χ1v) is 7.00. The summed E-state index contributed by atoms with van der Waals surface area (Å²) in [5, 5.41) is 1.07. The van der Waals surface area contributed by atoms with E-state index in [0.29, 0.717) is 12.2 Å². The Morgan fingerprint density at radius 2 is 2.22 bits per heavy atom. The molecule has 1 aliphatic heterocycles. The van der Waals surface area contributed by atoms with Crippen LogP contribution in [0.5, 0.6) is 0 Å². The van der Waals surface area contributed by atoms with Crippen LogP contribution in [-0.4, -0.2) is 30.3 Å². The van der Waals surface area contributed by atoms with Crippen LogP contribution in [0.2, 0.25) is 0 Å². The number of rotatable bonds is 3. The molecule has 0 aliphatic carbocycles. The Kier molecular flexibility index (Phi) is 2.87. The highest BCUT2D eigenvalue weighted by molar-refractivity contribution is 7.22. The fourth-order valence-electron chi connectivity index (χ4n) is 2.13. The van der Waals surface area contributed by atoms with Crippen molar-refractivity contribution in [1.82, 2.24) is 4.98 Å². The fraction of sp³-hybridized carbons (Fsp3) is 0.462. The number of benzene rings is 1. The largest absolute Gasteiger partial charge is 0.399 e. The zero-order valence-electron chi connectivity index (χ0n) is 10.6. The van der Waals surface area contributed by atoms with Gasteiger partial charge >= 0.3 is 0 Å². The summed E-state index contributed by atoms with van der Waals surface area (Å²) in [5.74, 6) is 0. The topological polar surface area (TPSA) is 51.4 Å². The summed E-state index contributed by atoms with van der Waals surface area (Å²) in [5.41, 5.74) is 7.60. The second-order valence-corrected chi connectivity index (χ2v) is 5.94. The van der Waals surface area contributed by atoms with Crippen molar-refractivity contribution in [3.63, 3.8) is 0 Å². The van der Waals surface area contributed by atoms with Gasteiger partial charge in [0, 0.05) is 18.8 Å². The number of ether oxygens (including phenoxy) is 1. The first-order chi connectivity index (χ1) is 8.61. The van der Waals surface area contributed by atoms with Gasteiger partial charge in [0.05, 0.1) is 22.4 Å². The molecule has 5 heteroatoms. The highest BCUT2D eigenvalue weighted by Gasteiger charge is 2.30. The van der Waals surface area contributed by atoms with E-state index in [1.807, 2.05) is 18.2 Å². The summed E-state index contributed by atoms with van der Waals surface area (Å²) in [4.78, 5) is 6.88. The summed E-state index contributed by atoms with van der Waals surface area (Å²) in [7, 11) is 0. The summed E-state index contributed by atoms with van der Waals surface area (Å²) in [6.07, 6.45) is 0.648. The molecule has 1 aromatic carbocycles. The minimum Gasteiger partial charge on any atom is -0.399 e. The van der Waals surface area contributed by atoms with Crippen molar-refractivity contribution < 1.29 is 4.74 Å². The number of nitrogen functional groups attached to an aromatic ring is 1. The molecule has 3 rings (SSSR count). The molecule has 0 atom stereocenters. The van der Waals surface area contributed by atoms with Gasteiger partial charge in [0.15, 0.2) is 5.13 Å². The fourth-order valence-corrected chi connectivity index (χ4v) is 3.16. The summed E-state index contributed by atoms with van der Waals surface area (Å²) < 4.78 is 6.90. The van der Waals surface area contributed by atoms with Gasteiger partial charge in [0.1, 0.15) is 0 Å². The molecule has 0 saturated carbocycles. The predicted molar refractivity (Wildman–Crippen MR) is 76.3 cm³/mol. The van der Waals surface area contributed by atoms with Crippen molar-refractivity contribution in [1.29, 1.82) is 0 Å². The maximum Gasteiger partial charge on any atom is 0.186 e. The van der Waals surface area contributed by atoms with Gasteiger partial charge < -0.3 is 15.4 Å². The van der Waals surface area contributed by atoms with E-state index in [1.54, 1.807) is 11.3 Å². The van der Waals surface area contributed by atoms with Crippen LogP contribution in [0.3, 0.4) is 0 Å². The Morgan fingerprint density at radius 1 is 1.44 bits per heavy atom. The van der Waals surface area contributed by atoms with E-state index in [1.165, 1.54) is 0 Å². The second kappa shape index (κ2) is 4.40. The molecule has 0 bridgehead atoms. The number of fused-ring (bicyclic) bond motifs is 1. The van der Waals surface area contributed by atoms with Crippen molar-refractivity contribution >= 4 is 32.4 Å². The number of thiazole rings is 1. The van der Waals surface area contributed by atoms with Gasteiger partial charge in [-0.2, -0.15) is 0 Å². The smallest absolute Gasteiger partial charge is 0.186 e. The third-order valence-corrected chi connectivity index (χ3v) is 4.06. The lowest BCUT2D eigenvalue weighted by Crippen LogP contribution is -2.53. The zero-order chi connectivity index (χ0) is 12.7. The van der Waals surface area contributed by atoms with Crippen molar-refractivity contribution in [2.24, 2.45) is 0 Å². The van der Waals surface area contributed by atoms with Crippen LogP contribution in [0.1, 0.15) is 13.8 Å². The summed E-state index contributed by atoms with van der Waals surface area (Å²) >= 11 is 1.70. The maximum absolute atomic E-state index is 5.78. The van der Waals surface area contributed by atoms with E-state index in [-0.39, 0.29) is 0 Å². The molecule has 1 saturated heterocycles. The number of aromatic nitrogens is 1. The number of anilines is 2. The molecule has 0 spiro atoms. The summed E-state index contributed by atoms with van der Waals surface area (Å²) in [6, 6.07) is 5.86. The molecule has 1 aromatic heterocycles. The lowest BCUT2D eigenvalue weighted by Gasteiger charge is -2.39. The van der Waals surface area contributed by atoms with Gasteiger partial charge in [-0.15, -0.1) is 0 Å². The lowest BCUT2D eigenvalue weighted by molar-refractivity contribution is -0.00718. The van der Waals surface area contributed by atoms with Gasteiger partial charge in [-0.05, 0) is 32.0 Å². The molecule has 2 N–H and O–H groups in total. The molecule has 0 unspecified atom stereocenters. The average Bonchev–Trinajstić information content (AvgIpc) is 2.64. The number of hydrogen-bond acceptors (Lipinski definition) is 5. The molecule has 0 amide bonds. The van der Waals surface area contributed by atoms with Crippen LogP contribution < -0.4 is 10.6 Å². The van der Waals surface area contributed by atoms with Crippen LogP contribution in [0.25, 0.3) is 10.2 Å². The van der Waals surface area contributed by atoms with E-state index in [4.69, 9.17) is 10.5 Å². The number of nitrogens with two attached hydrogens (primary N) is 1. The highest BCUT2D eigenvalue weighted by atomic mass is 32.1. The third kappa shape index (κ3) is 2.15. The molecule has 18 heavy (non-hydrogen) atoms.